The van der Waals surface area contributed by atoms with Gasteiger partial charge in [0, 0.05) is 13.7 Å². The molecule has 0 heterocycles. The lowest BCUT2D eigenvalue weighted by atomic mass is 9.94. The molecule has 0 aromatic heterocycles. The molecule has 0 aliphatic carbocycles. The van der Waals surface area contributed by atoms with Crippen LogP contribution in [0.2, 0.25) is 0 Å². The monoisotopic (exact) mass is 282 g/mol. The Morgan fingerprint density at radius 3 is 2.29 bits per heavy atom. The minimum absolute atomic E-state index is 0.0191. The van der Waals surface area contributed by atoms with Gasteiger partial charge in [-0.15, -0.1) is 0 Å². The lowest BCUT2D eigenvalue weighted by Crippen LogP contribution is -2.56. The van der Waals surface area contributed by atoms with Crippen LogP contribution in [0.4, 0.5) is 0 Å². The second-order valence-electron chi connectivity index (χ2n) is 3.92. The summed E-state index contributed by atoms with van der Waals surface area (Å²) in [7, 11) is -1.84. The minimum Gasteiger partial charge on any atom is -0.392 e. The quantitative estimate of drug-likeness (QED) is 0.482. The zero-order valence-corrected chi connectivity index (χ0v) is 12.3. The fraction of sp³-hybridized carbons (Fsp3) is 0.900. The van der Waals surface area contributed by atoms with Crippen molar-refractivity contribution < 1.29 is 13.2 Å². The first-order chi connectivity index (χ1) is 7.83. The van der Waals surface area contributed by atoms with Gasteiger partial charge in [0.25, 0.3) is 0 Å². The maximum atomic E-state index is 11.9. The average molecular weight is 282 g/mol. The predicted molar refractivity (Wildman–Crippen MR) is 73.5 cm³/mol. The molecule has 0 aromatic rings. The molecule has 0 saturated carbocycles. The van der Waals surface area contributed by atoms with E-state index in [2.05, 4.69) is 4.72 Å². The number of nitrogens with two attached hydrogens (primary N) is 1. The third-order valence-electron chi connectivity index (χ3n) is 2.79. The first-order valence-corrected chi connectivity index (χ1v) is 7.70. The van der Waals surface area contributed by atoms with Crippen LogP contribution in [0.5, 0.6) is 0 Å². The van der Waals surface area contributed by atoms with Gasteiger partial charge in [0.1, 0.15) is 0 Å². The van der Waals surface area contributed by atoms with Crippen LogP contribution in [-0.4, -0.2) is 38.4 Å². The molecule has 3 N–H and O–H groups in total. The van der Waals surface area contributed by atoms with Gasteiger partial charge in [-0.2, -0.15) is 0 Å². The highest BCUT2D eigenvalue weighted by atomic mass is 32.2. The van der Waals surface area contributed by atoms with E-state index < -0.39 is 15.6 Å². The van der Waals surface area contributed by atoms with Crippen molar-refractivity contribution in [1.82, 2.24) is 4.72 Å². The number of ether oxygens (including phenoxy) is 1. The third kappa shape index (κ3) is 5.29. The largest absolute Gasteiger partial charge is 0.392 e. The van der Waals surface area contributed by atoms with Gasteiger partial charge >= 0.3 is 0 Å². The highest BCUT2D eigenvalue weighted by Crippen LogP contribution is 2.17. The molecule has 0 fully saturated rings. The van der Waals surface area contributed by atoms with Gasteiger partial charge in [0.05, 0.1) is 16.3 Å². The third-order valence-corrected chi connectivity index (χ3v) is 4.71. The van der Waals surface area contributed by atoms with Gasteiger partial charge in [-0.3, -0.25) is 0 Å². The highest BCUT2D eigenvalue weighted by molar-refractivity contribution is 7.89. The molecule has 0 rings (SSSR count). The number of hydrogen-bond acceptors (Lipinski definition) is 4. The molecule has 0 unspecified atom stereocenters. The Bertz CT molecular complexity index is 337. The van der Waals surface area contributed by atoms with Crippen LogP contribution >= 0.6 is 12.2 Å². The van der Waals surface area contributed by atoms with Crippen molar-refractivity contribution in [2.75, 3.05) is 19.5 Å². The van der Waals surface area contributed by atoms with Gasteiger partial charge in [-0.25, -0.2) is 13.1 Å². The number of hydrogen-bond donors (Lipinski definition) is 2. The normalized spacial score (nSPS) is 12.6. The Morgan fingerprint density at radius 1 is 1.41 bits per heavy atom. The molecule has 0 aromatic carbocycles. The summed E-state index contributed by atoms with van der Waals surface area (Å²) < 4.78 is 31.2. The highest BCUT2D eigenvalue weighted by Gasteiger charge is 2.33. The average Bonchev–Trinajstić information content (AvgIpc) is 2.26. The smallest absolute Gasteiger partial charge is 0.212 e. The Morgan fingerprint density at radius 2 is 1.94 bits per heavy atom. The van der Waals surface area contributed by atoms with Gasteiger partial charge < -0.3 is 10.5 Å². The summed E-state index contributed by atoms with van der Waals surface area (Å²) in [6, 6.07) is 0. The maximum absolute atomic E-state index is 11.9. The lowest BCUT2D eigenvalue weighted by molar-refractivity contribution is 0.199. The van der Waals surface area contributed by atoms with E-state index in [1.54, 1.807) is 0 Å². The topological polar surface area (TPSA) is 81.4 Å². The number of sulfonamides is 1. The fourth-order valence-corrected chi connectivity index (χ4v) is 3.53. The molecule has 0 atom stereocenters. The second-order valence-corrected chi connectivity index (χ2v) is 6.20. The Labute approximate surface area is 109 Å². The Balaban J connectivity index is 4.70. The van der Waals surface area contributed by atoms with E-state index in [1.165, 1.54) is 7.11 Å². The van der Waals surface area contributed by atoms with E-state index >= 15 is 0 Å². The van der Waals surface area contributed by atoms with Crippen LogP contribution in [-0.2, 0) is 14.8 Å². The van der Waals surface area contributed by atoms with Crippen molar-refractivity contribution in [3.63, 3.8) is 0 Å². The molecule has 0 radical (unpaired) electrons. The van der Waals surface area contributed by atoms with Crippen LogP contribution in [0.3, 0.4) is 0 Å². The summed E-state index contributed by atoms with van der Waals surface area (Å²) >= 11 is 4.96. The van der Waals surface area contributed by atoms with Crippen LogP contribution in [0, 0.1) is 0 Å². The van der Waals surface area contributed by atoms with Gasteiger partial charge in [-0.05, 0) is 19.3 Å². The second kappa shape index (κ2) is 7.25. The lowest BCUT2D eigenvalue weighted by Gasteiger charge is -2.31. The molecule has 17 heavy (non-hydrogen) atoms. The van der Waals surface area contributed by atoms with E-state index in [1.807, 2.05) is 13.8 Å². The molecule has 0 aliphatic heterocycles. The van der Waals surface area contributed by atoms with E-state index in [0.717, 1.165) is 0 Å². The van der Waals surface area contributed by atoms with Crippen molar-refractivity contribution in [1.29, 1.82) is 0 Å². The summed E-state index contributed by atoms with van der Waals surface area (Å²) in [5, 5.41) is 0. The Hall–Kier alpha value is -0.240. The molecule has 0 aliphatic rings. The van der Waals surface area contributed by atoms with Crippen LogP contribution in [0.25, 0.3) is 0 Å². The molecule has 102 valence electrons. The zero-order chi connectivity index (χ0) is 13.5. The summed E-state index contributed by atoms with van der Waals surface area (Å²) in [5.41, 5.74) is 4.83. The van der Waals surface area contributed by atoms with Crippen molar-refractivity contribution in [3.05, 3.63) is 0 Å². The molecular weight excluding hydrogens is 260 g/mol. The van der Waals surface area contributed by atoms with Crippen molar-refractivity contribution in [3.8, 4) is 0 Å². The van der Waals surface area contributed by atoms with E-state index in [4.69, 9.17) is 22.7 Å². The molecular formula is C10H22N2O3S2. The molecule has 0 saturated heterocycles. The van der Waals surface area contributed by atoms with E-state index in [0.29, 0.717) is 25.9 Å². The van der Waals surface area contributed by atoms with Gasteiger partial charge in [-0.1, -0.05) is 26.1 Å². The zero-order valence-electron chi connectivity index (χ0n) is 10.7. The van der Waals surface area contributed by atoms with Crippen molar-refractivity contribution in [2.45, 2.75) is 38.6 Å². The number of rotatable bonds is 9. The first-order valence-electron chi connectivity index (χ1n) is 5.64. The first kappa shape index (κ1) is 16.8. The number of nitrogens with one attached hydrogen (secondary N) is 1. The molecule has 7 heteroatoms. The molecule has 0 bridgehead atoms. The Kier molecular flexibility index (Phi) is 7.15. The van der Waals surface area contributed by atoms with Crippen LogP contribution < -0.4 is 10.5 Å². The number of methoxy groups -OCH3 is 1. The van der Waals surface area contributed by atoms with Gasteiger partial charge in [0.2, 0.25) is 10.0 Å². The summed E-state index contributed by atoms with van der Waals surface area (Å²) in [5.74, 6) is 0.0191. The molecule has 0 spiro atoms. The van der Waals surface area contributed by atoms with Crippen molar-refractivity contribution >= 4 is 27.2 Å². The standard InChI is InChI=1S/C10H22N2O3S2/c1-4-10(5-2,9(11)16)12-17(13,14)8-6-7-15-3/h12H,4-8H2,1-3H3,(H2,11,16). The fourth-order valence-electron chi connectivity index (χ4n) is 1.54. The van der Waals surface area contributed by atoms with Crippen LogP contribution in [0.1, 0.15) is 33.1 Å². The van der Waals surface area contributed by atoms with E-state index in [-0.39, 0.29) is 10.7 Å². The van der Waals surface area contributed by atoms with Crippen LogP contribution in [0.15, 0.2) is 0 Å². The SMILES string of the molecule is CCC(CC)(NS(=O)(=O)CCCOC)C(N)=S. The summed E-state index contributed by atoms with van der Waals surface area (Å²) in [6.45, 7) is 4.14. The summed E-state index contributed by atoms with van der Waals surface area (Å²) in [4.78, 5) is 0.192. The number of thiocarbonyl (C=S) groups is 1. The predicted octanol–water partition coefficient (Wildman–Crippen LogP) is 0.787. The molecule has 0 amide bonds. The van der Waals surface area contributed by atoms with E-state index in [9.17, 15) is 8.42 Å². The minimum atomic E-state index is -3.38. The maximum Gasteiger partial charge on any atom is 0.212 e. The van der Waals surface area contributed by atoms with Crippen molar-refractivity contribution in [2.24, 2.45) is 5.73 Å². The molecule has 5 nitrogen and oxygen atoms in total. The summed E-state index contributed by atoms with van der Waals surface area (Å²) in [6.07, 6.45) is 1.54. The van der Waals surface area contributed by atoms with Gasteiger partial charge in [0.15, 0.2) is 0 Å².